The minimum absolute atomic E-state index is 0.0414. The van der Waals surface area contributed by atoms with E-state index in [2.05, 4.69) is 10.3 Å². The lowest BCUT2D eigenvalue weighted by Gasteiger charge is -2.31. The van der Waals surface area contributed by atoms with Gasteiger partial charge in [-0.05, 0) is 44.0 Å². The van der Waals surface area contributed by atoms with E-state index in [0.29, 0.717) is 23.1 Å². The Morgan fingerprint density at radius 2 is 1.58 bits per heavy atom. The molecule has 0 unspecified atom stereocenters. The molecule has 10 heteroatoms. The van der Waals surface area contributed by atoms with Gasteiger partial charge in [0.1, 0.15) is 5.82 Å². The van der Waals surface area contributed by atoms with Crippen LogP contribution in [-0.2, 0) is 6.18 Å². The van der Waals surface area contributed by atoms with Crippen molar-refractivity contribution in [2.75, 3.05) is 13.1 Å². The molecule has 3 aromatic rings. The number of likely N-dealkylation sites (tertiary alicyclic amines) is 1. The molecule has 33 heavy (non-hydrogen) atoms. The van der Waals surface area contributed by atoms with Gasteiger partial charge in [0.15, 0.2) is 17.2 Å². The maximum absolute atomic E-state index is 13.8. The van der Waals surface area contributed by atoms with E-state index in [9.17, 15) is 27.2 Å². The normalized spacial score (nSPS) is 15.0. The Kier molecular flexibility index (Phi) is 6.01. The highest BCUT2D eigenvalue weighted by atomic mass is 19.4. The summed E-state index contributed by atoms with van der Waals surface area (Å²) in [5.74, 6) is -1.88. The molecule has 0 bridgehead atoms. The Hall–Kier alpha value is -3.56. The van der Waals surface area contributed by atoms with Crippen molar-refractivity contribution in [3.8, 4) is 5.69 Å². The lowest BCUT2D eigenvalue weighted by atomic mass is 9.88. The van der Waals surface area contributed by atoms with Crippen LogP contribution in [0.4, 0.5) is 17.6 Å². The van der Waals surface area contributed by atoms with Crippen LogP contribution < -0.4 is 0 Å². The molecule has 0 aliphatic carbocycles. The van der Waals surface area contributed by atoms with Crippen LogP contribution >= 0.6 is 0 Å². The van der Waals surface area contributed by atoms with Crippen LogP contribution in [0.15, 0.2) is 48.5 Å². The first kappa shape index (κ1) is 22.6. The fourth-order valence-electron chi connectivity index (χ4n) is 3.89. The third-order valence-corrected chi connectivity index (χ3v) is 5.70. The molecule has 1 aliphatic rings. The Labute approximate surface area is 186 Å². The maximum Gasteiger partial charge on any atom is 0.435 e. The summed E-state index contributed by atoms with van der Waals surface area (Å²) in [5, 5.41) is 7.02. The molecule has 172 valence electrons. The maximum atomic E-state index is 13.8. The quantitative estimate of drug-likeness (QED) is 0.426. The van der Waals surface area contributed by atoms with Gasteiger partial charge in [-0.15, -0.1) is 5.10 Å². The molecule has 2 heterocycles. The molecule has 0 atom stereocenters. The highest BCUT2D eigenvalue weighted by Crippen LogP contribution is 2.34. The number of carbonyl (C=O) groups is 2. The Morgan fingerprint density at radius 1 is 0.970 bits per heavy atom. The standard InChI is InChI=1S/C23H20F4N4O2/c1-14-2-4-15(5-3-14)20(32)16-10-12-30(13-11-16)22(33)19-21(23(25,26)27)31(29-28-19)18-8-6-17(24)7-9-18/h2-9,16H,10-13H2,1H3. The Balaban J connectivity index is 1.52. The lowest BCUT2D eigenvalue weighted by molar-refractivity contribution is -0.143. The molecule has 1 fully saturated rings. The second-order valence-corrected chi connectivity index (χ2v) is 7.97. The van der Waals surface area contributed by atoms with Gasteiger partial charge in [-0.1, -0.05) is 35.0 Å². The zero-order chi connectivity index (χ0) is 23.8. The first-order valence-electron chi connectivity index (χ1n) is 10.3. The molecule has 0 radical (unpaired) electrons. The molecule has 2 aromatic carbocycles. The fourth-order valence-corrected chi connectivity index (χ4v) is 3.89. The molecular formula is C23H20F4N4O2. The van der Waals surface area contributed by atoms with Crippen molar-refractivity contribution in [3.05, 3.63) is 76.9 Å². The van der Waals surface area contributed by atoms with Gasteiger partial charge in [-0.25, -0.2) is 9.07 Å². The number of halogens is 4. The molecule has 4 rings (SSSR count). The van der Waals surface area contributed by atoms with E-state index in [1.807, 2.05) is 19.1 Å². The van der Waals surface area contributed by atoms with Crippen molar-refractivity contribution in [3.63, 3.8) is 0 Å². The third kappa shape index (κ3) is 4.64. The minimum atomic E-state index is -4.91. The van der Waals surface area contributed by atoms with E-state index in [1.54, 1.807) is 12.1 Å². The van der Waals surface area contributed by atoms with Crippen LogP contribution in [0, 0.1) is 18.7 Å². The average Bonchev–Trinajstić information content (AvgIpc) is 3.25. The van der Waals surface area contributed by atoms with Gasteiger partial charge >= 0.3 is 6.18 Å². The van der Waals surface area contributed by atoms with Gasteiger partial charge in [-0.2, -0.15) is 13.2 Å². The van der Waals surface area contributed by atoms with E-state index in [0.717, 1.165) is 29.8 Å². The summed E-state index contributed by atoms with van der Waals surface area (Å²) in [6, 6.07) is 11.4. The van der Waals surface area contributed by atoms with E-state index in [4.69, 9.17) is 0 Å². The predicted octanol–water partition coefficient (Wildman–Crippen LogP) is 4.47. The van der Waals surface area contributed by atoms with Gasteiger partial charge in [-0.3, -0.25) is 9.59 Å². The summed E-state index contributed by atoms with van der Waals surface area (Å²) < 4.78 is 55.1. The van der Waals surface area contributed by atoms with Crippen molar-refractivity contribution in [1.82, 2.24) is 19.9 Å². The number of piperidine rings is 1. The van der Waals surface area contributed by atoms with Crippen LogP contribution in [0.1, 0.15) is 44.9 Å². The zero-order valence-corrected chi connectivity index (χ0v) is 17.6. The molecule has 1 aliphatic heterocycles. The molecule has 1 aromatic heterocycles. The average molecular weight is 460 g/mol. The number of ketones is 1. The van der Waals surface area contributed by atoms with E-state index in [1.165, 1.54) is 4.90 Å². The molecule has 6 nitrogen and oxygen atoms in total. The summed E-state index contributed by atoms with van der Waals surface area (Å²) in [5.41, 5.74) is -0.613. The van der Waals surface area contributed by atoms with Crippen molar-refractivity contribution in [2.45, 2.75) is 25.9 Å². The predicted molar refractivity (Wildman–Crippen MR) is 110 cm³/mol. The number of Topliss-reactive ketones (excluding diaryl/α,β-unsaturated/α-hetero) is 1. The number of hydrogen-bond donors (Lipinski definition) is 0. The third-order valence-electron chi connectivity index (χ3n) is 5.70. The van der Waals surface area contributed by atoms with Crippen LogP contribution in [-0.4, -0.2) is 44.7 Å². The SMILES string of the molecule is Cc1ccc(C(=O)C2CCN(C(=O)c3nnn(-c4ccc(F)cc4)c3C(F)(F)F)CC2)cc1. The van der Waals surface area contributed by atoms with Crippen LogP contribution in [0.3, 0.4) is 0 Å². The number of rotatable bonds is 4. The molecule has 0 spiro atoms. The lowest BCUT2D eigenvalue weighted by Crippen LogP contribution is -2.41. The largest absolute Gasteiger partial charge is 0.435 e. The van der Waals surface area contributed by atoms with Crippen LogP contribution in [0.25, 0.3) is 5.69 Å². The van der Waals surface area contributed by atoms with E-state index in [-0.39, 0.29) is 30.5 Å². The first-order chi connectivity index (χ1) is 15.6. The summed E-state index contributed by atoms with van der Waals surface area (Å²) in [7, 11) is 0. The smallest absolute Gasteiger partial charge is 0.337 e. The van der Waals surface area contributed by atoms with Crippen molar-refractivity contribution < 1.29 is 27.2 Å². The summed E-state index contributed by atoms with van der Waals surface area (Å²) in [6.45, 7) is 2.17. The van der Waals surface area contributed by atoms with Crippen LogP contribution in [0.5, 0.6) is 0 Å². The van der Waals surface area contributed by atoms with Gasteiger partial charge in [0.2, 0.25) is 0 Å². The molecule has 0 saturated carbocycles. The second-order valence-electron chi connectivity index (χ2n) is 7.97. The number of amides is 1. The van der Waals surface area contributed by atoms with E-state index >= 15 is 0 Å². The number of aromatic nitrogens is 3. The molecular weight excluding hydrogens is 440 g/mol. The van der Waals surface area contributed by atoms with Gasteiger partial charge in [0.25, 0.3) is 5.91 Å². The van der Waals surface area contributed by atoms with Crippen molar-refractivity contribution in [2.24, 2.45) is 5.92 Å². The fraction of sp³-hybridized carbons (Fsp3) is 0.304. The van der Waals surface area contributed by atoms with Crippen molar-refractivity contribution in [1.29, 1.82) is 0 Å². The topological polar surface area (TPSA) is 68.1 Å². The first-order valence-corrected chi connectivity index (χ1v) is 10.3. The number of benzene rings is 2. The summed E-state index contributed by atoms with van der Waals surface area (Å²) >= 11 is 0. The molecule has 0 N–H and O–H groups in total. The highest BCUT2D eigenvalue weighted by molar-refractivity contribution is 5.98. The minimum Gasteiger partial charge on any atom is -0.337 e. The van der Waals surface area contributed by atoms with Gasteiger partial charge in [0.05, 0.1) is 5.69 Å². The number of hydrogen-bond acceptors (Lipinski definition) is 4. The molecule has 1 amide bonds. The Bertz CT molecular complexity index is 1160. The summed E-state index contributed by atoms with van der Waals surface area (Å²) in [6.07, 6.45) is -4.24. The van der Waals surface area contributed by atoms with Gasteiger partial charge < -0.3 is 4.90 Å². The second kappa shape index (κ2) is 8.76. The van der Waals surface area contributed by atoms with Crippen LogP contribution in [0.2, 0.25) is 0 Å². The van der Waals surface area contributed by atoms with Gasteiger partial charge in [0, 0.05) is 24.6 Å². The number of carbonyl (C=O) groups excluding carboxylic acids is 2. The number of aryl methyl sites for hydroxylation is 1. The number of nitrogens with zero attached hydrogens (tertiary/aromatic N) is 4. The van der Waals surface area contributed by atoms with Crippen molar-refractivity contribution >= 4 is 11.7 Å². The zero-order valence-electron chi connectivity index (χ0n) is 17.6. The Morgan fingerprint density at radius 3 is 2.15 bits per heavy atom. The highest BCUT2D eigenvalue weighted by Gasteiger charge is 2.43. The monoisotopic (exact) mass is 460 g/mol. The molecule has 1 saturated heterocycles. The summed E-state index contributed by atoms with van der Waals surface area (Å²) in [4.78, 5) is 26.9. The number of alkyl halides is 3. The van der Waals surface area contributed by atoms with E-state index < -0.39 is 29.3 Å².